The molecule has 1 saturated heterocycles. The summed E-state index contributed by atoms with van der Waals surface area (Å²) >= 11 is 5.98. The molecule has 0 aliphatic carbocycles. The topological polar surface area (TPSA) is 63.2 Å². The summed E-state index contributed by atoms with van der Waals surface area (Å²) in [5.74, 6) is 0.167. The fourth-order valence-electron chi connectivity index (χ4n) is 2.20. The molecule has 0 saturated carbocycles. The average Bonchev–Trinajstić information content (AvgIpc) is 2.67. The first kappa shape index (κ1) is 14.3. The molecular weight excluding hydrogens is 286 g/mol. The van der Waals surface area contributed by atoms with Crippen molar-refractivity contribution in [3.05, 3.63) is 34.9 Å². The molecule has 0 aromatic heterocycles. The van der Waals surface area contributed by atoms with Gasteiger partial charge < -0.3 is 5.32 Å². The molecule has 0 bridgehead atoms. The molecule has 1 aliphatic heterocycles. The van der Waals surface area contributed by atoms with E-state index in [0.29, 0.717) is 18.0 Å². The van der Waals surface area contributed by atoms with Crippen molar-refractivity contribution in [3.8, 4) is 0 Å². The molecule has 6 heteroatoms. The van der Waals surface area contributed by atoms with E-state index in [-0.39, 0.29) is 29.8 Å². The summed E-state index contributed by atoms with van der Waals surface area (Å²) in [7, 11) is -2.92. The monoisotopic (exact) mass is 301 g/mol. The van der Waals surface area contributed by atoms with Gasteiger partial charge >= 0.3 is 0 Å². The summed E-state index contributed by atoms with van der Waals surface area (Å²) in [6, 6.07) is 7.31. The molecule has 104 valence electrons. The van der Waals surface area contributed by atoms with Crippen LogP contribution in [0.5, 0.6) is 0 Å². The van der Waals surface area contributed by atoms with Gasteiger partial charge in [0.15, 0.2) is 9.84 Å². The number of amides is 1. The molecular formula is C13H16ClNO3S. The summed E-state index contributed by atoms with van der Waals surface area (Å²) in [5, 5.41) is 3.39. The van der Waals surface area contributed by atoms with E-state index in [1.165, 1.54) is 0 Å². The molecule has 19 heavy (non-hydrogen) atoms. The molecule has 1 atom stereocenters. The Balaban J connectivity index is 1.81. The van der Waals surface area contributed by atoms with E-state index in [1.54, 1.807) is 6.07 Å². The summed E-state index contributed by atoms with van der Waals surface area (Å²) in [6.07, 6.45) is 0.853. The lowest BCUT2D eigenvalue weighted by atomic mass is 10.1. The molecule has 1 unspecified atom stereocenters. The first-order valence-corrected chi connectivity index (χ1v) is 8.37. The number of sulfone groups is 1. The van der Waals surface area contributed by atoms with Gasteiger partial charge in [-0.25, -0.2) is 8.42 Å². The third kappa shape index (κ3) is 4.21. The van der Waals surface area contributed by atoms with Gasteiger partial charge in [0.2, 0.25) is 5.91 Å². The summed E-state index contributed by atoms with van der Waals surface area (Å²) in [4.78, 5) is 11.7. The highest BCUT2D eigenvalue weighted by Gasteiger charge is 2.29. The van der Waals surface area contributed by atoms with Gasteiger partial charge in [0.25, 0.3) is 0 Å². The summed E-state index contributed by atoms with van der Waals surface area (Å²) in [5.41, 5.74) is 0.858. The molecule has 1 aliphatic rings. The smallest absolute Gasteiger partial charge is 0.220 e. The number of hydrogen-bond donors (Lipinski definition) is 1. The number of nitrogens with one attached hydrogen (secondary N) is 1. The molecule has 1 aromatic carbocycles. The lowest BCUT2D eigenvalue weighted by Gasteiger charge is -2.09. The van der Waals surface area contributed by atoms with E-state index in [2.05, 4.69) is 5.32 Å². The van der Waals surface area contributed by atoms with Gasteiger partial charge in [-0.3, -0.25) is 4.79 Å². The maximum atomic E-state index is 11.7. The average molecular weight is 302 g/mol. The van der Waals surface area contributed by atoms with Crippen molar-refractivity contribution in [2.24, 2.45) is 5.92 Å². The van der Waals surface area contributed by atoms with Crippen LogP contribution in [0.1, 0.15) is 18.4 Å². The van der Waals surface area contributed by atoms with Crippen molar-refractivity contribution in [2.75, 3.05) is 11.5 Å². The summed E-state index contributed by atoms with van der Waals surface area (Å²) < 4.78 is 22.6. The second-order valence-electron chi connectivity index (χ2n) is 4.84. The Hall–Kier alpha value is -1.07. The number of carbonyl (C=O) groups is 1. The van der Waals surface area contributed by atoms with Gasteiger partial charge in [0.1, 0.15) is 0 Å². The van der Waals surface area contributed by atoms with Crippen molar-refractivity contribution < 1.29 is 13.2 Å². The standard InChI is InChI=1S/C13H16ClNO3S/c14-12-4-2-1-3-11(12)8-15-13(16)7-10-5-6-19(17,18)9-10/h1-4,10H,5-9H2,(H,15,16). The molecule has 1 heterocycles. The highest BCUT2D eigenvalue weighted by atomic mass is 35.5. The number of benzene rings is 1. The van der Waals surface area contributed by atoms with Crippen LogP contribution >= 0.6 is 11.6 Å². The largest absolute Gasteiger partial charge is 0.352 e. The second kappa shape index (κ2) is 5.92. The Labute approximate surface area is 118 Å². The Bertz CT molecular complexity index is 571. The molecule has 1 amide bonds. The molecule has 1 N–H and O–H groups in total. The van der Waals surface area contributed by atoms with Crippen LogP contribution in [-0.2, 0) is 21.2 Å². The normalized spacial score (nSPS) is 21.2. The molecule has 0 radical (unpaired) electrons. The Morgan fingerprint density at radius 2 is 2.11 bits per heavy atom. The van der Waals surface area contributed by atoms with Crippen molar-refractivity contribution >= 4 is 27.3 Å². The third-order valence-electron chi connectivity index (χ3n) is 3.23. The minimum Gasteiger partial charge on any atom is -0.352 e. The van der Waals surface area contributed by atoms with Crippen molar-refractivity contribution in [1.29, 1.82) is 0 Å². The lowest BCUT2D eigenvalue weighted by Crippen LogP contribution is -2.25. The second-order valence-corrected chi connectivity index (χ2v) is 7.48. The zero-order valence-electron chi connectivity index (χ0n) is 10.4. The van der Waals surface area contributed by atoms with Crippen LogP contribution in [0.4, 0.5) is 0 Å². The van der Waals surface area contributed by atoms with E-state index in [9.17, 15) is 13.2 Å². The maximum Gasteiger partial charge on any atom is 0.220 e. The summed E-state index contributed by atoms with van der Waals surface area (Å²) in [6.45, 7) is 0.373. The van der Waals surface area contributed by atoms with Gasteiger partial charge in [-0.2, -0.15) is 0 Å². The molecule has 1 aromatic rings. The first-order chi connectivity index (χ1) is 8.96. The predicted octanol–water partition coefficient (Wildman–Crippen LogP) is 1.78. The highest BCUT2D eigenvalue weighted by Crippen LogP contribution is 2.21. The van der Waals surface area contributed by atoms with E-state index in [4.69, 9.17) is 11.6 Å². The van der Waals surface area contributed by atoms with Crippen LogP contribution in [0.25, 0.3) is 0 Å². The van der Waals surface area contributed by atoms with E-state index >= 15 is 0 Å². The number of carbonyl (C=O) groups excluding carboxylic acids is 1. The minimum atomic E-state index is -2.92. The van der Waals surface area contributed by atoms with E-state index < -0.39 is 9.84 Å². The van der Waals surface area contributed by atoms with Gasteiger partial charge in [0, 0.05) is 18.0 Å². The van der Waals surface area contributed by atoms with Crippen molar-refractivity contribution in [1.82, 2.24) is 5.32 Å². The Morgan fingerprint density at radius 1 is 1.37 bits per heavy atom. The minimum absolute atomic E-state index is 0.0451. The number of rotatable bonds is 4. The van der Waals surface area contributed by atoms with Crippen LogP contribution in [-0.4, -0.2) is 25.8 Å². The van der Waals surface area contributed by atoms with Gasteiger partial charge in [-0.05, 0) is 24.0 Å². The molecule has 0 spiro atoms. The fraction of sp³-hybridized carbons (Fsp3) is 0.462. The molecule has 2 rings (SSSR count). The van der Waals surface area contributed by atoms with Gasteiger partial charge in [0.05, 0.1) is 11.5 Å². The van der Waals surface area contributed by atoms with Gasteiger partial charge in [-0.15, -0.1) is 0 Å². The Morgan fingerprint density at radius 3 is 2.74 bits per heavy atom. The molecule has 4 nitrogen and oxygen atoms in total. The highest BCUT2D eigenvalue weighted by molar-refractivity contribution is 7.91. The van der Waals surface area contributed by atoms with Crippen molar-refractivity contribution in [3.63, 3.8) is 0 Å². The molecule has 1 fully saturated rings. The first-order valence-electron chi connectivity index (χ1n) is 6.17. The lowest BCUT2D eigenvalue weighted by molar-refractivity contribution is -0.122. The fourth-order valence-corrected chi connectivity index (χ4v) is 4.27. The van der Waals surface area contributed by atoms with Crippen LogP contribution in [0.15, 0.2) is 24.3 Å². The predicted molar refractivity (Wildman–Crippen MR) is 74.7 cm³/mol. The van der Waals surface area contributed by atoms with E-state index in [1.807, 2.05) is 18.2 Å². The van der Waals surface area contributed by atoms with Crippen LogP contribution in [0.2, 0.25) is 5.02 Å². The zero-order chi connectivity index (χ0) is 13.9. The Kier molecular flexibility index (Phi) is 4.47. The third-order valence-corrected chi connectivity index (χ3v) is 5.44. The number of hydrogen-bond acceptors (Lipinski definition) is 3. The number of halogens is 1. The van der Waals surface area contributed by atoms with Crippen LogP contribution in [0.3, 0.4) is 0 Å². The van der Waals surface area contributed by atoms with Crippen molar-refractivity contribution in [2.45, 2.75) is 19.4 Å². The SMILES string of the molecule is O=C(CC1CCS(=O)(=O)C1)NCc1ccccc1Cl. The van der Waals surface area contributed by atoms with Crippen LogP contribution < -0.4 is 5.32 Å². The van der Waals surface area contributed by atoms with Gasteiger partial charge in [-0.1, -0.05) is 29.8 Å². The zero-order valence-corrected chi connectivity index (χ0v) is 12.0. The van der Waals surface area contributed by atoms with E-state index in [0.717, 1.165) is 5.56 Å². The maximum absolute atomic E-state index is 11.7. The quantitative estimate of drug-likeness (QED) is 0.922. The van der Waals surface area contributed by atoms with Crippen LogP contribution in [0, 0.1) is 5.92 Å².